The standard InChI is InChI=1S/C8H12N2O2/c1-3-7-9-6(2)4-10(7)5-8(11)12/h4H,3,5H2,1-2H3,(H,11,12)/p+1. The zero-order valence-corrected chi connectivity index (χ0v) is 7.29. The van der Waals surface area contributed by atoms with Gasteiger partial charge in [-0.05, 0) is 0 Å². The molecule has 0 saturated carbocycles. The molecule has 0 aromatic carbocycles. The van der Waals surface area contributed by atoms with E-state index in [1.54, 1.807) is 4.57 Å². The Kier molecular flexibility index (Phi) is 2.47. The number of imidazole rings is 1. The monoisotopic (exact) mass is 169 g/mol. The van der Waals surface area contributed by atoms with Crippen molar-refractivity contribution in [1.29, 1.82) is 0 Å². The molecule has 0 saturated heterocycles. The van der Waals surface area contributed by atoms with E-state index in [0.717, 1.165) is 17.9 Å². The Morgan fingerprint density at radius 3 is 2.92 bits per heavy atom. The molecule has 0 unspecified atom stereocenters. The number of carboxylic acid groups (broad SMARTS) is 1. The van der Waals surface area contributed by atoms with Gasteiger partial charge < -0.3 is 5.11 Å². The SMILES string of the molecule is CCc1[nH]c(C)c[n+]1CC(=O)O. The lowest BCUT2D eigenvalue weighted by molar-refractivity contribution is -0.691. The Hall–Kier alpha value is -1.32. The third kappa shape index (κ3) is 1.84. The van der Waals surface area contributed by atoms with Crippen LogP contribution in [0.5, 0.6) is 0 Å². The summed E-state index contributed by atoms with van der Waals surface area (Å²) in [4.78, 5) is 13.5. The molecule has 1 rings (SSSR count). The molecule has 0 radical (unpaired) electrons. The van der Waals surface area contributed by atoms with E-state index in [2.05, 4.69) is 4.98 Å². The van der Waals surface area contributed by atoms with Crippen LogP contribution < -0.4 is 4.57 Å². The molecule has 0 amide bonds. The van der Waals surface area contributed by atoms with Crippen LogP contribution >= 0.6 is 0 Å². The van der Waals surface area contributed by atoms with E-state index < -0.39 is 5.97 Å². The number of aromatic nitrogens is 2. The summed E-state index contributed by atoms with van der Waals surface area (Å²) in [7, 11) is 0. The van der Waals surface area contributed by atoms with Gasteiger partial charge in [0.15, 0.2) is 6.54 Å². The summed E-state index contributed by atoms with van der Waals surface area (Å²) in [6, 6.07) is 0. The predicted octanol–water partition coefficient (Wildman–Crippen LogP) is 0.258. The molecule has 1 aromatic heterocycles. The molecule has 4 heteroatoms. The number of nitrogens with one attached hydrogen (secondary N) is 1. The smallest absolute Gasteiger partial charge is 0.346 e. The topological polar surface area (TPSA) is 57.0 Å². The van der Waals surface area contributed by atoms with Gasteiger partial charge in [0.1, 0.15) is 11.9 Å². The first-order valence-corrected chi connectivity index (χ1v) is 3.93. The van der Waals surface area contributed by atoms with Crippen molar-refractivity contribution in [3.05, 3.63) is 17.7 Å². The van der Waals surface area contributed by atoms with E-state index in [1.807, 2.05) is 20.0 Å². The Balaban J connectivity index is 2.89. The normalized spacial score (nSPS) is 10.2. The molecule has 0 atom stereocenters. The van der Waals surface area contributed by atoms with Gasteiger partial charge in [-0.1, -0.05) is 6.92 Å². The number of carboxylic acids is 1. The van der Waals surface area contributed by atoms with Crippen molar-refractivity contribution >= 4 is 5.97 Å². The maximum Gasteiger partial charge on any atom is 0.346 e. The van der Waals surface area contributed by atoms with Crippen molar-refractivity contribution in [2.75, 3.05) is 0 Å². The molecule has 1 aromatic rings. The van der Waals surface area contributed by atoms with Gasteiger partial charge in [-0.25, -0.2) is 14.3 Å². The van der Waals surface area contributed by atoms with Gasteiger partial charge in [0, 0.05) is 13.3 Å². The van der Waals surface area contributed by atoms with Crippen molar-refractivity contribution in [1.82, 2.24) is 4.98 Å². The fourth-order valence-corrected chi connectivity index (χ4v) is 1.22. The van der Waals surface area contributed by atoms with Crippen LogP contribution in [0, 0.1) is 6.92 Å². The second-order valence-corrected chi connectivity index (χ2v) is 2.76. The number of hydrogen-bond donors (Lipinski definition) is 2. The van der Waals surface area contributed by atoms with E-state index in [9.17, 15) is 4.79 Å². The summed E-state index contributed by atoms with van der Waals surface area (Å²) in [5, 5.41) is 8.56. The average molecular weight is 169 g/mol. The van der Waals surface area contributed by atoms with Gasteiger partial charge in [0.05, 0.1) is 0 Å². The van der Waals surface area contributed by atoms with Crippen LogP contribution in [0.15, 0.2) is 6.20 Å². The molecule has 0 fully saturated rings. The highest BCUT2D eigenvalue weighted by atomic mass is 16.4. The molecule has 4 nitrogen and oxygen atoms in total. The first-order valence-electron chi connectivity index (χ1n) is 3.93. The van der Waals surface area contributed by atoms with E-state index in [0.29, 0.717) is 0 Å². The minimum absolute atomic E-state index is 0.0352. The fourth-order valence-electron chi connectivity index (χ4n) is 1.22. The Labute approximate surface area is 70.9 Å². The zero-order chi connectivity index (χ0) is 9.14. The molecular formula is C8H13N2O2+. The van der Waals surface area contributed by atoms with Crippen molar-refractivity contribution in [3.63, 3.8) is 0 Å². The number of rotatable bonds is 3. The minimum atomic E-state index is -0.811. The van der Waals surface area contributed by atoms with Crippen LogP contribution in [0.25, 0.3) is 0 Å². The quantitative estimate of drug-likeness (QED) is 0.637. The summed E-state index contributed by atoms with van der Waals surface area (Å²) in [5.41, 5.74) is 0.994. The fraction of sp³-hybridized carbons (Fsp3) is 0.500. The summed E-state index contributed by atoms with van der Waals surface area (Å²) >= 11 is 0. The summed E-state index contributed by atoms with van der Waals surface area (Å²) in [5.74, 6) is 0.142. The molecule has 66 valence electrons. The second kappa shape index (κ2) is 3.38. The summed E-state index contributed by atoms with van der Waals surface area (Å²) < 4.78 is 1.72. The van der Waals surface area contributed by atoms with E-state index >= 15 is 0 Å². The van der Waals surface area contributed by atoms with E-state index in [-0.39, 0.29) is 6.54 Å². The van der Waals surface area contributed by atoms with Gasteiger partial charge in [0.25, 0.3) is 5.82 Å². The second-order valence-electron chi connectivity index (χ2n) is 2.76. The third-order valence-electron chi connectivity index (χ3n) is 1.68. The lowest BCUT2D eigenvalue weighted by Gasteiger charge is -1.92. The highest BCUT2D eigenvalue weighted by Crippen LogP contribution is 1.93. The van der Waals surface area contributed by atoms with Crippen LogP contribution in [0.2, 0.25) is 0 Å². The Morgan fingerprint density at radius 2 is 2.42 bits per heavy atom. The molecular weight excluding hydrogens is 156 g/mol. The molecule has 0 aliphatic carbocycles. The van der Waals surface area contributed by atoms with Gasteiger partial charge in [0.2, 0.25) is 0 Å². The number of aliphatic carboxylic acids is 1. The molecule has 0 aliphatic rings. The van der Waals surface area contributed by atoms with E-state index in [1.165, 1.54) is 0 Å². The molecule has 0 aliphatic heterocycles. The number of H-pyrrole nitrogens is 1. The number of aromatic amines is 1. The minimum Gasteiger partial charge on any atom is -0.478 e. The van der Waals surface area contributed by atoms with Gasteiger partial charge in [-0.2, -0.15) is 0 Å². The molecule has 12 heavy (non-hydrogen) atoms. The van der Waals surface area contributed by atoms with Gasteiger partial charge in [-0.15, -0.1) is 0 Å². The van der Waals surface area contributed by atoms with Crippen molar-refractivity contribution in [2.24, 2.45) is 0 Å². The highest BCUT2D eigenvalue weighted by molar-refractivity contribution is 5.64. The predicted molar refractivity (Wildman–Crippen MR) is 42.7 cm³/mol. The van der Waals surface area contributed by atoms with Crippen LogP contribution in [0.4, 0.5) is 0 Å². The first-order chi connectivity index (χ1) is 5.63. The lowest BCUT2D eigenvalue weighted by atomic mass is 10.4. The van der Waals surface area contributed by atoms with Gasteiger partial charge >= 0.3 is 5.97 Å². The van der Waals surface area contributed by atoms with Crippen molar-refractivity contribution in [3.8, 4) is 0 Å². The molecule has 1 heterocycles. The number of carbonyl (C=O) groups is 1. The largest absolute Gasteiger partial charge is 0.478 e. The third-order valence-corrected chi connectivity index (χ3v) is 1.68. The number of hydrogen-bond acceptors (Lipinski definition) is 1. The van der Waals surface area contributed by atoms with Gasteiger partial charge in [-0.3, -0.25) is 0 Å². The van der Waals surface area contributed by atoms with Crippen LogP contribution in [0.1, 0.15) is 18.4 Å². The highest BCUT2D eigenvalue weighted by Gasteiger charge is 2.13. The maximum absolute atomic E-state index is 10.4. The van der Waals surface area contributed by atoms with Crippen LogP contribution in [0.3, 0.4) is 0 Å². The first kappa shape index (κ1) is 8.77. The maximum atomic E-state index is 10.4. The molecule has 0 spiro atoms. The molecule has 0 bridgehead atoms. The summed E-state index contributed by atoms with van der Waals surface area (Å²) in [6.07, 6.45) is 2.63. The van der Waals surface area contributed by atoms with Crippen LogP contribution in [-0.2, 0) is 17.8 Å². The lowest BCUT2D eigenvalue weighted by Crippen LogP contribution is -2.39. The Morgan fingerprint density at radius 1 is 1.75 bits per heavy atom. The average Bonchev–Trinajstić information content (AvgIpc) is 2.29. The van der Waals surface area contributed by atoms with Crippen molar-refractivity contribution in [2.45, 2.75) is 26.8 Å². The molecule has 2 N–H and O–H groups in total. The van der Waals surface area contributed by atoms with E-state index in [4.69, 9.17) is 5.11 Å². The number of nitrogens with zero attached hydrogens (tertiary/aromatic N) is 1. The Bertz CT molecular complexity index is 291. The van der Waals surface area contributed by atoms with Crippen molar-refractivity contribution < 1.29 is 14.5 Å². The zero-order valence-electron chi connectivity index (χ0n) is 7.29. The van der Waals surface area contributed by atoms with Crippen LogP contribution in [-0.4, -0.2) is 16.1 Å². The summed E-state index contributed by atoms with van der Waals surface area (Å²) in [6.45, 7) is 3.94. The number of aryl methyl sites for hydroxylation is 2.